The normalized spacial score (nSPS) is 17.3. The Morgan fingerprint density at radius 3 is 2.41 bits per heavy atom. The molecule has 0 amide bonds. The monoisotopic (exact) mass is 389 g/mol. The van der Waals surface area contributed by atoms with Gasteiger partial charge < -0.3 is 5.11 Å². The van der Waals surface area contributed by atoms with E-state index in [1.165, 1.54) is 22.8 Å². The van der Waals surface area contributed by atoms with Crippen molar-refractivity contribution in [3.63, 3.8) is 0 Å². The summed E-state index contributed by atoms with van der Waals surface area (Å²) in [5, 5.41) is 14.0. The highest BCUT2D eigenvalue weighted by Gasteiger charge is 2.38. The van der Waals surface area contributed by atoms with Crippen molar-refractivity contribution in [1.82, 2.24) is 4.57 Å². The van der Waals surface area contributed by atoms with Crippen LogP contribution in [0.5, 0.6) is 0 Å². The minimum Gasteiger partial charge on any atom is -0.389 e. The molecule has 3 aromatic rings. The van der Waals surface area contributed by atoms with Crippen molar-refractivity contribution < 1.29 is 9.90 Å². The van der Waals surface area contributed by atoms with Gasteiger partial charge in [0.15, 0.2) is 0 Å². The smallest absolute Gasteiger partial charge is 0.230 e. The molecule has 1 aliphatic rings. The highest BCUT2D eigenvalue weighted by atomic mass is 16.3. The maximum Gasteiger partial charge on any atom is 0.230 e. The average Bonchev–Trinajstić information content (AvgIpc) is 3.29. The molecule has 0 saturated heterocycles. The number of hydrogen-bond donors (Lipinski definition) is 1. The van der Waals surface area contributed by atoms with Gasteiger partial charge in [-0.1, -0.05) is 68.1 Å². The zero-order chi connectivity index (χ0) is 20.1. The molecule has 152 valence electrons. The molecule has 3 heteroatoms. The summed E-state index contributed by atoms with van der Waals surface area (Å²) in [6, 6.07) is 18.8. The van der Waals surface area contributed by atoms with E-state index in [1.807, 2.05) is 24.5 Å². The zero-order valence-corrected chi connectivity index (χ0v) is 17.1. The molecule has 1 unspecified atom stereocenters. The topological polar surface area (TPSA) is 42.2 Å². The molecule has 3 nitrogen and oxygen atoms in total. The van der Waals surface area contributed by atoms with E-state index in [0.29, 0.717) is 6.42 Å². The van der Waals surface area contributed by atoms with Crippen molar-refractivity contribution >= 4 is 16.7 Å². The van der Waals surface area contributed by atoms with Gasteiger partial charge in [0, 0.05) is 24.7 Å². The van der Waals surface area contributed by atoms with Gasteiger partial charge >= 0.3 is 0 Å². The third-order valence-corrected chi connectivity index (χ3v) is 6.57. The number of aliphatic hydroxyl groups is 1. The van der Waals surface area contributed by atoms with E-state index >= 15 is 0 Å². The number of carbonyl (C=O) groups is 1. The molecule has 1 fully saturated rings. The summed E-state index contributed by atoms with van der Waals surface area (Å²) in [6.45, 7) is 0. The van der Waals surface area contributed by atoms with Crippen LogP contribution in [0.15, 0.2) is 67.0 Å². The Labute approximate surface area is 173 Å². The van der Waals surface area contributed by atoms with Crippen LogP contribution in [0.1, 0.15) is 74.1 Å². The summed E-state index contributed by atoms with van der Waals surface area (Å²) in [4.78, 5) is 12.2. The Bertz CT molecular complexity index is 938. The van der Waals surface area contributed by atoms with E-state index in [4.69, 9.17) is 0 Å². The number of carbonyl (C=O) groups excluding carboxylic acids is 1. The van der Waals surface area contributed by atoms with Gasteiger partial charge in [0.2, 0.25) is 5.91 Å². The van der Waals surface area contributed by atoms with Crippen molar-refractivity contribution in [3.8, 4) is 0 Å². The SMILES string of the molecule is O=C(CCCCC(c1ccc2ccccc2c1)C1(O)CCCCC1)n1cccc1. The molecule has 0 radical (unpaired) electrons. The van der Waals surface area contributed by atoms with Crippen LogP contribution in [0.3, 0.4) is 0 Å². The molecule has 0 bridgehead atoms. The van der Waals surface area contributed by atoms with Crippen LogP contribution >= 0.6 is 0 Å². The highest BCUT2D eigenvalue weighted by Crippen LogP contribution is 2.43. The van der Waals surface area contributed by atoms with Crippen molar-refractivity contribution in [2.45, 2.75) is 69.3 Å². The van der Waals surface area contributed by atoms with Gasteiger partial charge in [-0.05, 0) is 54.2 Å². The summed E-state index contributed by atoms with van der Waals surface area (Å²) < 4.78 is 1.66. The largest absolute Gasteiger partial charge is 0.389 e. The van der Waals surface area contributed by atoms with Crippen molar-refractivity contribution in [2.75, 3.05) is 0 Å². The first kappa shape index (κ1) is 19.9. The number of unbranched alkanes of at least 4 members (excludes halogenated alkanes) is 1. The van der Waals surface area contributed by atoms with Gasteiger partial charge in [-0.3, -0.25) is 9.36 Å². The van der Waals surface area contributed by atoms with Crippen molar-refractivity contribution in [2.24, 2.45) is 0 Å². The maximum absolute atomic E-state index is 12.2. The van der Waals surface area contributed by atoms with Gasteiger partial charge in [0.1, 0.15) is 0 Å². The van der Waals surface area contributed by atoms with Crippen LogP contribution in [0.4, 0.5) is 0 Å². The van der Waals surface area contributed by atoms with E-state index in [0.717, 1.165) is 44.9 Å². The van der Waals surface area contributed by atoms with Gasteiger partial charge in [-0.15, -0.1) is 0 Å². The molecule has 1 aromatic heterocycles. The summed E-state index contributed by atoms with van der Waals surface area (Å²) in [5.74, 6) is 0.280. The second-order valence-electron chi connectivity index (χ2n) is 8.55. The fourth-order valence-electron chi connectivity index (χ4n) is 4.94. The third kappa shape index (κ3) is 4.62. The van der Waals surface area contributed by atoms with Crippen LogP contribution in [-0.4, -0.2) is 21.2 Å². The highest BCUT2D eigenvalue weighted by molar-refractivity contribution is 5.83. The Morgan fingerprint density at radius 1 is 0.931 bits per heavy atom. The Kier molecular flexibility index (Phi) is 6.15. The Balaban J connectivity index is 1.48. The number of benzene rings is 2. The molecular weight excluding hydrogens is 358 g/mol. The molecule has 1 saturated carbocycles. The summed E-state index contributed by atoms with van der Waals surface area (Å²) in [7, 11) is 0. The Hall–Kier alpha value is -2.39. The lowest BCUT2D eigenvalue weighted by Crippen LogP contribution is -2.38. The van der Waals surface area contributed by atoms with Crippen LogP contribution in [-0.2, 0) is 0 Å². The average molecular weight is 390 g/mol. The van der Waals surface area contributed by atoms with E-state index < -0.39 is 5.60 Å². The molecule has 0 spiro atoms. The summed E-state index contributed by atoms with van der Waals surface area (Å²) in [6.07, 6.45) is 12.1. The standard InChI is InChI=1S/C26H31NO2/c28-25(27-18-8-9-19-27)13-5-4-12-24(26(29)16-6-1-7-17-26)23-15-14-21-10-2-3-11-22(21)20-23/h2-3,8-11,14-15,18-20,24,29H,1,4-7,12-13,16-17H2. The molecule has 29 heavy (non-hydrogen) atoms. The van der Waals surface area contributed by atoms with E-state index in [9.17, 15) is 9.90 Å². The predicted octanol–water partition coefficient (Wildman–Crippen LogP) is 6.32. The summed E-state index contributed by atoms with van der Waals surface area (Å²) >= 11 is 0. The first-order valence-corrected chi connectivity index (χ1v) is 11.0. The quantitative estimate of drug-likeness (QED) is 0.480. The number of hydrogen-bond acceptors (Lipinski definition) is 2. The van der Waals surface area contributed by atoms with Crippen molar-refractivity contribution in [1.29, 1.82) is 0 Å². The van der Waals surface area contributed by atoms with Gasteiger partial charge in [-0.25, -0.2) is 0 Å². The van der Waals surface area contributed by atoms with E-state index in [2.05, 4.69) is 42.5 Å². The number of fused-ring (bicyclic) bond motifs is 1. The number of nitrogens with zero attached hydrogens (tertiary/aromatic N) is 1. The molecule has 1 heterocycles. The third-order valence-electron chi connectivity index (χ3n) is 6.57. The minimum absolute atomic E-state index is 0.133. The lowest BCUT2D eigenvalue weighted by molar-refractivity contribution is -0.0247. The lowest BCUT2D eigenvalue weighted by atomic mass is 9.70. The molecule has 2 aromatic carbocycles. The van der Waals surface area contributed by atoms with Crippen LogP contribution < -0.4 is 0 Å². The van der Waals surface area contributed by atoms with Crippen molar-refractivity contribution in [3.05, 3.63) is 72.6 Å². The summed E-state index contributed by atoms with van der Waals surface area (Å²) in [5.41, 5.74) is 0.621. The maximum atomic E-state index is 12.2. The fraction of sp³-hybridized carbons (Fsp3) is 0.423. The molecular formula is C26H31NO2. The number of aromatic nitrogens is 1. The minimum atomic E-state index is -0.620. The molecule has 1 aliphatic carbocycles. The molecule has 0 aliphatic heterocycles. The Morgan fingerprint density at radius 2 is 1.66 bits per heavy atom. The van der Waals surface area contributed by atoms with Crippen LogP contribution in [0, 0.1) is 0 Å². The van der Waals surface area contributed by atoms with E-state index in [1.54, 1.807) is 4.57 Å². The molecule has 1 atom stereocenters. The molecule has 1 N–H and O–H groups in total. The lowest BCUT2D eigenvalue weighted by Gasteiger charge is -2.40. The predicted molar refractivity (Wildman–Crippen MR) is 118 cm³/mol. The van der Waals surface area contributed by atoms with E-state index in [-0.39, 0.29) is 11.8 Å². The fourth-order valence-corrected chi connectivity index (χ4v) is 4.94. The zero-order valence-electron chi connectivity index (χ0n) is 17.1. The van der Waals surface area contributed by atoms with Gasteiger partial charge in [0.25, 0.3) is 0 Å². The van der Waals surface area contributed by atoms with Gasteiger partial charge in [-0.2, -0.15) is 0 Å². The first-order chi connectivity index (χ1) is 14.2. The second kappa shape index (κ2) is 8.96. The number of rotatable bonds is 7. The molecule has 4 rings (SSSR count). The second-order valence-corrected chi connectivity index (χ2v) is 8.55. The van der Waals surface area contributed by atoms with Gasteiger partial charge in [0.05, 0.1) is 5.60 Å². The van der Waals surface area contributed by atoms with Crippen LogP contribution in [0.2, 0.25) is 0 Å². The first-order valence-electron chi connectivity index (χ1n) is 11.0. The van der Waals surface area contributed by atoms with Crippen LogP contribution in [0.25, 0.3) is 10.8 Å².